The third-order valence-corrected chi connectivity index (χ3v) is 3.52. The molecule has 0 spiro atoms. The Balaban J connectivity index is 2.48. The molecule has 1 aromatic rings. The van der Waals surface area contributed by atoms with Crippen molar-refractivity contribution in [2.24, 2.45) is 0 Å². The molecule has 2 N–H and O–H groups in total. The van der Waals surface area contributed by atoms with Crippen LogP contribution in [0.3, 0.4) is 0 Å². The lowest BCUT2D eigenvalue weighted by Gasteiger charge is -2.07. The zero-order valence-corrected chi connectivity index (χ0v) is 11.5. The number of hydrogen-bond acceptors (Lipinski definition) is 4. The fraction of sp³-hybridized carbons (Fsp3) is 0.308. The predicted octanol–water partition coefficient (Wildman–Crippen LogP) is 2.03. The summed E-state index contributed by atoms with van der Waals surface area (Å²) in [7, 11) is 0. The van der Waals surface area contributed by atoms with Crippen LogP contribution in [0.1, 0.15) is 24.2 Å². The highest BCUT2D eigenvalue weighted by Gasteiger charge is 2.13. The van der Waals surface area contributed by atoms with E-state index in [0.717, 1.165) is 11.8 Å². The van der Waals surface area contributed by atoms with Crippen molar-refractivity contribution in [1.29, 1.82) is 0 Å². The first-order valence-corrected chi connectivity index (χ1v) is 6.70. The molecular weight excluding hydrogens is 266 g/mol. The summed E-state index contributed by atoms with van der Waals surface area (Å²) in [6.45, 7) is 3.00. The minimum absolute atomic E-state index is 0.0382. The van der Waals surface area contributed by atoms with Crippen LogP contribution in [0.5, 0.6) is 0 Å². The van der Waals surface area contributed by atoms with E-state index in [1.54, 1.807) is 24.3 Å². The van der Waals surface area contributed by atoms with Gasteiger partial charge in [-0.2, -0.15) is 0 Å². The molecule has 102 valence electrons. The van der Waals surface area contributed by atoms with Gasteiger partial charge in [0.2, 0.25) is 5.91 Å². The highest BCUT2D eigenvalue weighted by molar-refractivity contribution is 8.01. The molecule has 19 heavy (non-hydrogen) atoms. The van der Waals surface area contributed by atoms with Crippen LogP contribution in [-0.2, 0) is 9.59 Å². The summed E-state index contributed by atoms with van der Waals surface area (Å²) in [5.74, 6) is -1.18. The number of amides is 1. The fourth-order valence-electron chi connectivity index (χ4n) is 1.26. The van der Waals surface area contributed by atoms with Gasteiger partial charge in [-0.05, 0) is 38.1 Å². The summed E-state index contributed by atoms with van der Waals surface area (Å²) in [6.07, 6.45) is 0. The van der Waals surface area contributed by atoms with Gasteiger partial charge in [0.05, 0.1) is 11.0 Å². The number of carbonyl (C=O) groups is 3. The zero-order valence-electron chi connectivity index (χ0n) is 10.7. The summed E-state index contributed by atoms with van der Waals surface area (Å²) < 4.78 is 0. The summed E-state index contributed by atoms with van der Waals surface area (Å²) in [4.78, 5) is 33.2. The highest BCUT2D eigenvalue weighted by Crippen LogP contribution is 2.13. The lowest BCUT2D eigenvalue weighted by Crippen LogP contribution is -2.19. The second-order valence-electron chi connectivity index (χ2n) is 3.97. The molecule has 1 amide bonds. The van der Waals surface area contributed by atoms with Crippen molar-refractivity contribution in [2.45, 2.75) is 19.1 Å². The monoisotopic (exact) mass is 281 g/mol. The van der Waals surface area contributed by atoms with Gasteiger partial charge < -0.3 is 10.4 Å². The molecule has 0 fully saturated rings. The van der Waals surface area contributed by atoms with E-state index in [1.807, 2.05) is 0 Å². The van der Waals surface area contributed by atoms with Crippen LogP contribution in [0, 0.1) is 0 Å². The van der Waals surface area contributed by atoms with Gasteiger partial charge in [0.15, 0.2) is 5.78 Å². The molecule has 0 bridgehead atoms. The van der Waals surface area contributed by atoms with Gasteiger partial charge in [0, 0.05) is 11.3 Å². The maximum absolute atomic E-state index is 11.6. The Morgan fingerprint density at radius 3 is 2.32 bits per heavy atom. The topological polar surface area (TPSA) is 83.5 Å². The summed E-state index contributed by atoms with van der Waals surface area (Å²) >= 11 is 1.05. The third-order valence-electron chi connectivity index (χ3n) is 2.39. The molecule has 0 heterocycles. The molecule has 0 aliphatic rings. The Hall–Kier alpha value is -1.82. The average molecular weight is 281 g/mol. The van der Waals surface area contributed by atoms with Crippen LogP contribution < -0.4 is 5.32 Å². The van der Waals surface area contributed by atoms with Crippen LogP contribution in [0.2, 0.25) is 0 Å². The normalized spacial score (nSPS) is 11.7. The van der Waals surface area contributed by atoms with E-state index in [0.29, 0.717) is 11.3 Å². The molecule has 0 saturated heterocycles. The van der Waals surface area contributed by atoms with E-state index >= 15 is 0 Å². The van der Waals surface area contributed by atoms with E-state index in [4.69, 9.17) is 5.11 Å². The zero-order chi connectivity index (χ0) is 14.4. The molecule has 0 aliphatic carbocycles. The molecular formula is C13H15NO4S. The van der Waals surface area contributed by atoms with Gasteiger partial charge >= 0.3 is 5.97 Å². The Kier molecular flexibility index (Phi) is 5.57. The van der Waals surface area contributed by atoms with Crippen molar-refractivity contribution >= 4 is 35.1 Å². The van der Waals surface area contributed by atoms with Gasteiger partial charge in [0.25, 0.3) is 0 Å². The number of aliphatic carboxylic acids is 1. The van der Waals surface area contributed by atoms with Gasteiger partial charge in [-0.3, -0.25) is 14.4 Å². The maximum Gasteiger partial charge on any atom is 0.316 e. The van der Waals surface area contributed by atoms with Crippen LogP contribution in [-0.4, -0.2) is 33.8 Å². The number of carbonyl (C=O) groups excluding carboxylic acids is 2. The predicted molar refractivity (Wildman–Crippen MR) is 74.6 cm³/mol. The minimum atomic E-state index is -0.941. The summed E-state index contributed by atoms with van der Waals surface area (Å²) in [5, 5.41) is 10.7. The van der Waals surface area contributed by atoms with Crippen molar-refractivity contribution in [3.63, 3.8) is 0 Å². The molecule has 1 atom stereocenters. The third kappa shape index (κ3) is 5.13. The Bertz CT molecular complexity index is 484. The molecule has 0 aliphatic heterocycles. The number of carboxylic acids is 1. The van der Waals surface area contributed by atoms with Crippen molar-refractivity contribution in [2.75, 3.05) is 11.1 Å². The summed E-state index contributed by atoms with van der Waals surface area (Å²) in [6, 6.07) is 6.54. The number of benzene rings is 1. The van der Waals surface area contributed by atoms with E-state index in [1.165, 1.54) is 13.8 Å². The standard InChI is InChI=1S/C13H15NO4S/c1-8(15)10-3-5-11(6-4-10)14-12(16)7-19-9(2)13(17)18/h3-6,9H,7H2,1-2H3,(H,14,16)(H,17,18). The van der Waals surface area contributed by atoms with E-state index in [-0.39, 0.29) is 17.4 Å². The van der Waals surface area contributed by atoms with E-state index in [2.05, 4.69) is 5.32 Å². The lowest BCUT2D eigenvalue weighted by molar-refractivity contribution is -0.136. The quantitative estimate of drug-likeness (QED) is 0.779. The maximum atomic E-state index is 11.6. The van der Waals surface area contributed by atoms with E-state index in [9.17, 15) is 14.4 Å². The van der Waals surface area contributed by atoms with Crippen LogP contribution in [0.4, 0.5) is 5.69 Å². The first-order valence-electron chi connectivity index (χ1n) is 5.65. The SMILES string of the molecule is CC(=O)c1ccc(NC(=O)CSC(C)C(=O)O)cc1. The number of anilines is 1. The van der Waals surface area contributed by atoms with Crippen molar-refractivity contribution in [3.8, 4) is 0 Å². The Morgan fingerprint density at radius 1 is 1.26 bits per heavy atom. The minimum Gasteiger partial charge on any atom is -0.480 e. The number of nitrogens with one attached hydrogen (secondary N) is 1. The lowest BCUT2D eigenvalue weighted by atomic mass is 10.1. The van der Waals surface area contributed by atoms with Crippen LogP contribution in [0.15, 0.2) is 24.3 Å². The van der Waals surface area contributed by atoms with Gasteiger partial charge in [-0.25, -0.2) is 0 Å². The van der Waals surface area contributed by atoms with Gasteiger partial charge in [-0.15, -0.1) is 11.8 Å². The van der Waals surface area contributed by atoms with E-state index < -0.39 is 11.2 Å². The number of thioether (sulfide) groups is 1. The van der Waals surface area contributed by atoms with Crippen molar-refractivity contribution in [3.05, 3.63) is 29.8 Å². The smallest absolute Gasteiger partial charge is 0.316 e. The van der Waals surface area contributed by atoms with Gasteiger partial charge in [-0.1, -0.05) is 0 Å². The number of ketones is 1. The Labute approximate surface area is 115 Å². The van der Waals surface area contributed by atoms with Gasteiger partial charge in [0.1, 0.15) is 0 Å². The largest absolute Gasteiger partial charge is 0.480 e. The molecule has 6 heteroatoms. The molecule has 0 saturated carbocycles. The van der Waals surface area contributed by atoms with Crippen LogP contribution in [0.25, 0.3) is 0 Å². The Morgan fingerprint density at radius 2 is 1.84 bits per heavy atom. The molecule has 1 rings (SSSR count). The number of hydrogen-bond donors (Lipinski definition) is 2. The molecule has 1 unspecified atom stereocenters. The average Bonchev–Trinajstić information content (AvgIpc) is 2.36. The fourth-order valence-corrected chi connectivity index (χ4v) is 1.87. The second kappa shape index (κ2) is 6.94. The first-order chi connectivity index (χ1) is 8.90. The molecule has 0 radical (unpaired) electrons. The molecule has 0 aromatic heterocycles. The number of rotatable bonds is 6. The number of carboxylic acid groups (broad SMARTS) is 1. The van der Waals surface area contributed by atoms with Crippen LogP contribution >= 0.6 is 11.8 Å². The van der Waals surface area contributed by atoms with Crippen molar-refractivity contribution < 1.29 is 19.5 Å². The first kappa shape index (κ1) is 15.2. The number of Topliss-reactive ketones (excluding diaryl/α,β-unsaturated/α-hetero) is 1. The highest BCUT2D eigenvalue weighted by atomic mass is 32.2. The summed E-state index contributed by atoms with van der Waals surface area (Å²) in [5.41, 5.74) is 1.16. The van der Waals surface area contributed by atoms with Crippen molar-refractivity contribution in [1.82, 2.24) is 0 Å². The molecule has 1 aromatic carbocycles. The molecule has 5 nitrogen and oxygen atoms in total. The second-order valence-corrected chi connectivity index (χ2v) is 5.30.